The first-order chi connectivity index (χ1) is 9.99. The van der Waals surface area contributed by atoms with Gasteiger partial charge in [-0.1, -0.05) is 0 Å². The van der Waals surface area contributed by atoms with Gasteiger partial charge in [-0.3, -0.25) is 0 Å². The largest absolute Gasteiger partial charge is 0.497 e. The Morgan fingerprint density at radius 1 is 1.10 bits per heavy atom. The van der Waals surface area contributed by atoms with Crippen LogP contribution in [0.4, 0.5) is 8.78 Å². The Bertz CT molecular complexity index is 664. The lowest BCUT2D eigenvalue weighted by Gasteiger charge is -2.18. The number of hydrogen-bond acceptors (Lipinski definition) is 3. The van der Waals surface area contributed by atoms with Crippen molar-refractivity contribution in [1.82, 2.24) is 0 Å². The Balaban J connectivity index is 2.55. The highest BCUT2D eigenvalue weighted by Gasteiger charge is 2.23. The van der Waals surface area contributed by atoms with E-state index in [0.29, 0.717) is 17.1 Å². The lowest BCUT2D eigenvalue weighted by Crippen LogP contribution is -2.17. The summed E-state index contributed by atoms with van der Waals surface area (Å²) in [6, 6.07) is 6.37. The van der Waals surface area contributed by atoms with Gasteiger partial charge in [0.05, 0.1) is 24.7 Å². The van der Waals surface area contributed by atoms with Gasteiger partial charge in [-0.15, -0.1) is 0 Å². The summed E-state index contributed by atoms with van der Waals surface area (Å²) in [5, 5.41) is 0. The highest BCUT2D eigenvalue weighted by Crippen LogP contribution is 2.35. The van der Waals surface area contributed by atoms with E-state index < -0.39 is 17.7 Å². The van der Waals surface area contributed by atoms with Crippen molar-refractivity contribution in [3.63, 3.8) is 0 Å². The third kappa shape index (κ3) is 3.01. The number of ether oxygens (including phenoxy) is 2. The molecule has 3 nitrogen and oxygen atoms in total. The van der Waals surface area contributed by atoms with Gasteiger partial charge in [0.25, 0.3) is 0 Å². The normalized spacial score (nSPS) is 12.1. The molecule has 0 bridgehead atoms. The zero-order chi connectivity index (χ0) is 15.6. The van der Waals surface area contributed by atoms with Crippen LogP contribution < -0.4 is 15.2 Å². The van der Waals surface area contributed by atoms with Crippen LogP contribution in [0.25, 0.3) is 0 Å². The molecule has 112 valence electrons. The molecule has 0 fully saturated rings. The Labute approximate surface area is 129 Å². The molecule has 1 atom stereocenters. The summed E-state index contributed by atoms with van der Waals surface area (Å²) in [4.78, 5) is 0. The standard InChI is InChI=1S/C15H14BrF2NO2/c1-20-8-3-4-9(12(7-8)21-2)15(19)13-11(17)6-5-10(16)14(13)18/h3-7,15H,19H2,1-2H3. The Kier molecular flexibility index (Phi) is 4.80. The van der Waals surface area contributed by atoms with Crippen molar-refractivity contribution >= 4 is 15.9 Å². The molecule has 1 unspecified atom stereocenters. The van der Waals surface area contributed by atoms with Crippen molar-refractivity contribution < 1.29 is 18.3 Å². The van der Waals surface area contributed by atoms with Gasteiger partial charge in [-0.05, 0) is 40.2 Å². The van der Waals surface area contributed by atoms with Crippen molar-refractivity contribution in [3.05, 3.63) is 57.6 Å². The predicted octanol–water partition coefficient (Wildman–Crippen LogP) is 3.79. The zero-order valence-corrected chi connectivity index (χ0v) is 13.1. The lowest BCUT2D eigenvalue weighted by atomic mass is 9.97. The molecule has 0 aliphatic carbocycles. The van der Waals surface area contributed by atoms with Crippen LogP contribution in [-0.2, 0) is 0 Å². The van der Waals surface area contributed by atoms with E-state index in [0.717, 1.165) is 0 Å². The molecule has 2 aromatic carbocycles. The van der Waals surface area contributed by atoms with Crippen molar-refractivity contribution in [2.24, 2.45) is 5.73 Å². The minimum absolute atomic E-state index is 0.154. The Hall–Kier alpha value is -1.66. The predicted molar refractivity (Wildman–Crippen MR) is 79.6 cm³/mol. The second-order valence-electron chi connectivity index (χ2n) is 4.34. The first-order valence-electron chi connectivity index (χ1n) is 6.10. The number of rotatable bonds is 4. The minimum atomic E-state index is -0.997. The molecule has 2 rings (SSSR count). The maximum Gasteiger partial charge on any atom is 0.145 e. The van der Waals surface area contributed by atoms with E-state index >= 15 is 0 Å². The van der Waals surface area contributed by atoms with Crippen molar-refractivity contribution in [2.45, 2.75) is 6.04 Å². The molecule has 0 aliphatic rings. The quantitative estimate of drug-likeness (QED) is 0.846. The maximum absolute atomic E-state index is 14.1. The molecule has 0 spiro atoms. The summed E-state index contributed by atoms with van der Waals surface area (Å²) < 4.78 is 38.6. The monoisotopic (exact) mass is 357 g/mol. The van der Waals surface area contributed by atoms with Gasteiger partial charge in [0.15, 0.2) is 0 Å². The highest BCUT2D eigenvalue weighted by atomic mass is 79.9. The number of nitrogens with two attached hydrogens (primary N) is 1. The van der Waals surface area contributed by atoms with Crippen LogP contribution in [0.2, 0.25) is 0 Å². The summed E-state index contributed by atoms with van der Waals surface area (Å²) in [7, 11) is 2.97. The van der Waals surface area contributed by atoms with E-state index in [1.54, 1.807) is 18.2 Å². The average molecular weight is 358 g/mol. The second-order valence-corrected chi connectivity index (χ2v) is 5.20. The number of hydrogen-bond donors (Lipinski definition) is 1. The van der Waals surface area contributed by atoms with E-state index in [1.807, 2.05) is 0 Å². The van der Waals surface area contributed by atoms with E-state index in [9.17, 15) is 8.78 Å². The maximum atomic E-state index is 14.1. The fourth-order valence-electron chi connectivity index (χ4n) is 2.06. The fourth-order valence-corrected chi connectivity index (χ4v) is 2.40. The molecule has 0 saturated carbocycles. The number of methoxy groups -OCH3 is 2. The van der Waals surface area contributed by atoms with E-state index in [2.05, 4.69) is 15.9 Å². The summed E-state index contributed by atoms with van der Waals surface area (Å²) in [6.07, 6.45) is 0. The first kappa shape index (κ1) is 15.7. The third-order valence-electron chi connectivity index (χ3n) is 3.17. The van der Waals surface area contributed by atoms with Gasteiger partial charge in [-0.2, -0.15) is 0 Å². The van der Waals surface area contributed by atoms with Gasteiger partial charge >= 0.3 is 0 Å². The zero-order valence-electron chi connectivity index (χ0n) is 11.5. The van der Waals surface area contributed by atoms with Crippen molar-refractivity contribution in [2.75, 3.05) is 14.2 Å². The van der Waals surface area contributed by atoms with Gasteiger partial charge in [0, 0.05) is 17.2 Å². The molecule has 2 aromatic rings. The number of halogens is 3. The highest BCUT2D eigenvalue weighted by molar-refractivity contribution is 9.10. The summed E-state index contributed by atoms with van der Waals surface area (Å²) in [6.45, 7) is 0. The molecule has 0 aliphatic heterocycles. The van der Waals surface area contributed by atoms with Gasteiger partial charge < -0.3 is 15.2 Å². The van der Waals surface area contributed by atoms with Crippen LogP contribution in [0.1, 0.15) is 17.2 Å². The van der Waals surface area contributed by atoms with Crippen LogP contribution in [0.5, 0.6) is 11.5 Å². The van der Waals surface area contributed by atoms with Crippen LogP contribution in [0.3, 0.4) is 0 Å². The molecule has 0 amide bonds. The summed E-state index contributed by atoms with van der Waals surface area (Å²) in [5.74, 6) is -0.458. The second kappa shape index (κ2) is 6.41. The fraction of sp³-hybridized carbons (Fsp3) is 0.200. The van der Waals surface area contributed by atoms with E-state index in [4.69, 9.17) is 15.2 Å². The molecule has 0 saturated heterocycles. The van der Waals surface area contributed by atoms with E-state index in [-0.39, 0.29) is 10.0 Å². The minimum Gasteiger partial charge on any atom is -0.497 e. The third-order valence-corrected chi connectivity index (χ3v) is 3.78. The van der Waals surface area contributed by atoms with Crippen LogP contribution in [0, 0.1) is 11.6 Å². The molecular weight excluding hydrogens is 344 g/mol. The molecular formula is C15H14BrF2NO2. The molecule has 0 radical (unpaired) electrons. The molecule has 0 heterocycles. The summed E-state index contributed by atoms with van der Waals surface area (Å²) in [5.41, 5.74) is 6.29. The molecule has 6 heteroatoms. The van der Waals surface area contributed by atoms with Crippen LogP contribution in [0.15, 0.2) is 34.8 Å². The van der Waals surface area contributed by atoms with Gasteiger partial charge in [-0.25, -0.2) is 8.78 Å². The van der Waals surface area contributed by atoms with Crippen LogP contribution >= 0.6 is 15.9 Å². The van der Waals surface area contributed by atoms with Crippen molar-refractivity contribution in [3.8, 4) is 11.5 Å². The Morgan fingerprint density at radius 2 is 1.81 bits per heavy atom. The summed E-state index contributed by atoms with van der Waals surface area (Å²) >= 11 is 3.03. The van der Waals surface area contributed by atoms with Crippen LogP contribution in [-0.4, -0.2) is 14.2 Å². The first-order valence-corrected chi connectivity index (χ1v) is 6.89. The molecule has 21 heavy (non-hydrogen) atoms. The smallest absolute Gasteiger partial charge is 0.145 e. The topological polar surface area (TPSA) is 44.5 Å². The average Bonchev–Trinajstić information content (AvgIpc) is 2.50. The molecule has 2 N–H and O–H groups in total. The van der Waals surface area contributed by atoms with Gasteiger partial charge in [0.2, 0.25) is 0 Å². The number of benzene rings is 2. The van der Waals surface area contributed by atoms with Gasteiger partial charge in [0.1, 0.15) is 23.1 Å². The SMILES string of the molecule is COc1ccc(C(N)c2c(F)ccc(Br)c2F)c(OC)c1. The lowest BCUT2D eigenvalue weighted by molar-refractivity contribution is 0.389. The molecule has 0 aromatic heterocycles. The van der Waals surface area contributed by atoms with E-state index in [1.165, 1.54) is 26.4 Å². The Morgan fingerprint density at radius 3 is 2.43 bits per heavy atom. The van der Waals surface area contributed by atoms with Crippen molar-refractivity contribution in [1.29, 1.82) is 0 Å².